The summed E-state index contributed by atoms with van der Waals surface area (Å²) in [5, 5.41) is 28.7. The van der Waals surface area contributed by atoms with Crippen LogP contribution in [-0.4, -0.2) is 69.7 Å². The minimum absolute atomic E-state index is 0.179. The standard InChI is InChI=1S/C18H15N3O15S4/c22-18-16(39(30,31)32)8-10-7-12(38(27,28)29)1-3-13(10)17(18)20-19-14-4-2-11(9-15(14)21(23)24)37(25,26)6-5-36-40(33,34)35/h1-4,7-9,22H,5-6H2,(H,27,28,29)(H,30,31,32)(H,33,34,35)/b20-19+. The number of fused-ring (bicyclic) bond motifs is 1. The second-order valence-corrected chi connectivity index (χ2v) is 13.6. The SMILES string of the molecule is O=[N+]([O-])c1cc(S(=O)(=O)CCOS(=O)(=O)O)ccc1/N=N/c1c(O)c(S(=O)(=O)O)cc2cc(S(=O)(=O)O)ccc12. The van der Waals surface area contributed by atoms with E-state index in [9.17, 15) is 58.0 Å². The smallest absolute Gasteiger partial charge is 0.397 e. The third-order valence-corrected chi connectivity index (χ3v) is 8.80. The van der Waals surface area contributed by atoms with Crippen LogP contribution in [0.5, 0.6) is 5.75 Å². The van der Waals surface area contributed by atoms with E-state index in [1.165, 1.54) is 0 Å². The van der Waals surface area contributed by atoms with Gasteiger partial charge in [0.1, 0.15) is 10.6 Å². The number of phenols is 1. The van der Waals surface area contributed by atoms with Gasteiger partial charge in [-0.05, 0) is 35.7 Å². The second-order valence-electron chi connectivity index (χ2n) is 7.58. The highest BCUT2D eigenvalue weighted by Crippen LogP contribution is 2.42. The number of nitrogens with zero attached hydrogens (tertiary/aromatic N) is 3. The monoisotopic (exact) mass is 641 g/mol. The first-order chi connectivity index (χ1) is 18.2. The van der Waals surface area contributed by atoms with Crippen molar-refractivity contribution in [2.45, 2.75) is 14.7 Å². The van der Waals surface area contributed by atoms with Crippen LogP contribution in [0.3, 0.4) is 0 Å². The maximum absolute atomic E-state index is 12.4. The van der Waals surface area contributed by atoms with E-state index in [0.29, 0.717) is 12.1 Å². The number of sulfone groups is 1. The molecule has 0 saturated heterocycles. The zero-order valence-electron chi connectivity index (χ0n) is 19.2. The zero-order valence-corrected chi connectivity index (χ0v) is 22.5. The van der Waals surface area contributed by atoms with Gasteiger partial charge in [-0.1, -0.05) is 6.07 Å². The minimum Gasteiger partial charge on any atom is -0.504 e. The van der Waals surface area contributed by atoms with E-state index >= 15 is 0 Å². The summed E-state index contributed by atoms with van der Waals surface area (Å²) >= 11 is 0. The van der Waals surface area contributed by atoms with Crippen molar-refractivity contribution < 1.29 is 61.5 Å². The van der Waals surface area contributed by atoms with Crippen LogP contribution < -0.4 is 0 Å². The molecule has 0 heterocycles. The Kier molecular flexibility index (Phi) is 8.29. The Morgan fingerprint density at radius 2 is 1.45 bits per heavy atom. The van der Waals surface area contributed by atoms with Crippen LogP contribution in [0.15, 0.2) is 67.4 Å². The molecule has 18 nitrogen and oxygen atoms in total. The summed E-state index contributed by atoms with van der Waals surface area (Å²) in [5.41, 5.74) is -2.28. The third kappa shape index (κ3) is 7.11. The Morgan fingerprint density at radius 3 is 2.00 bits per heavy atom. The summed E-state index contributed by atoms with van der Waals surface area (Å²) in [5.74, 6) is -2.18. The predicted octanol–water partition coefficient (Wildman–Crippen LogP) is 1.96. The minimum atomic E-state index is -5.14. The Labute approximate surface area is 225 Å². The van der Waals surface area contributed by atoms with Gasteiger partial charge in [0.2, 0.25) is 0 Å². The highest BCUT2D eigenvalue weighted by molar-refractivity contribution is 7.91. The maximum Gasteiger partial charge on any atom is 0.397 e. The lowest BCUT2D eigenvalue weighted by Gasteiger charge is -2.09. The van der Waals surface area contributed by atoms with Crippen LogP contribution in [0.1, 0.15) is 0 Å². The Morgan fingerprint density at radius 1 is 0.825 bits per heavy atom. The first-order valence-corrected chi connectivity index (χ1v) is 15.9. The number of hydrogen-bond acceptors (Lipinski definition) is 14. The molecule has 0 fully saturated rings. The van der Waals surface area contributed by atoms with Gasteiger partial charge < -0.3 is 5.11 Å². The van der Waals surface area contributed by atoms with Gasteiger partial charge in [-0.25, -0.2) is 12.6 Å². The molecule has 0 aliphatic heterocycles. The summed E-state index contributed by atoms with van der Waals surface area (Å²) < 4.78 is 124. The molecule has 0 spiro atoms. The molecule has 3 aromatic carbocycles. The number of hydrogen-bond donors (Lipinski definition) is 4. The van der Waals surface area contributed by atoms with Gasteiger partial charge in [0.05, 0.1) is 27.1 Å². The van der Waals surface area contributed by atoms with Gasteiger partial charge in [-0.2, -0.15) is 25.3 Å². The third-order valence-electron chi connectivity index (χ3n) is 4.94. The zero-order chi connectivity index (χ0) is 30.3. The van der Waals surface area contributed by atoms with Gasteiger partial charge in [-0.15, -0.1) is 10.2 Å². The van der Waals surface area contributed by atoms with Crippen molar-refractivity contribution in [1.29, 1.82) is 0 Å². The van der Waals surface area contributed by atoms with Crippen molar-refractivity contribution in [3.05, 3.63) is 52.6 Å². The number of aromatic hydroxyl groups is 1. The fourth-order valence-corrected chi connectivity index (χ4v) is 5.82. The average molecular weight is 642 g/mol. The van der Waals surface area contributed by atoms with Crippen LogP contribution in [-0.2, 0) is 44.7 Å². The van der Waals surface area contributed by atoms with Crippen molar-refractivity contribution in [2.24, 2.45) is 10.2 Å². The van der Waals surface area contributed by atoms with Gasteiger partial charge in [0.15, 0.2) is 21.3 Å². The molecular weight excluding hydrogens is 626 g/mol. The largest absolute Gasteiger partial charge is 0.504 e. The van der Waals surface area contributed by atoms with E-state index in [-0.39, 0.29) is 10.8 Å². The van der Waals surface area contributed by atoms with Crippen LogP contribution >= 0.6 is 0 Å². The molecule has 22 heteroatoms. The average Bonchev–Trinajstić information content (AvgIpc) is 2.80. The lowest BCUT2D eigenvalue weighted by Crippen LogP contribution is -2.15. The van der Waals surface area contributed by atoms with Gasteiger partial charge >= 0.3 is 10.4 Å². The number of nitro benzene ring substituents is 1. The first kappa shape index (κ1) is 30.9. The van der Waals surface area contributed by atoms with E-state index in [1.807, 2.05) is 0 Å². The van der Waals surface area contributed by atoms with E-state index < -0.39 is 95.3 Å². The number of azo groups is 1. The molecule has 40 heavy (non-hydrogen) atoms. The Hall–Kier alpha value is -3.64. The van der Waals surface area contributed by atoms with E-state index in [2.05, 4.69) is 14.4 Å². The molecule has 0 atom stereocenters. The van der Waals surface area contributed by atoms with E-state index in [0.717, 1.165) is 30.3 Å². The quantitative estimate of drug-likeness (QED) is 0.106. The Bertz CT molecular complexity index is 2000. The van der Waals surface area contributed by atoms with E-state index in [4.69, 9.17) is 4.55 Å². The molecule has 0 amide bonds. The van der Waals surface area contributed by atoms with Crippen molar-refractivity contribution in [1.82, 2.24) is 0 Å². The molecule has 0 radical (unpaired) electrons. The number of benzene rings is 3. The molecule has 0 aromatic heterocycles. The first-order valence-electron chi connectivity index (χ1n) is 10.0. The summed E-state index contributed by atoms with van der Waals surface area (Å²) in [7, 11) is -19.2. The lowest BCUT2D eigenvalue weighted by molar-refractivity contribution is -0.384. The molecule has 0 aliphatic carbocycles. The van der Waals surface area contributed by atoms with Crippen LogP contribution in [0.4, 0.5) is 17.1 Å². The number of rotatable bonds is 10. The molecule has 0 saturated carbocycles. The van der Waals surface area contributed by atoms with Crippen molar-refractivity contribution in [3.63, 3.8) is 0 Å². The van der Waals surface area contributed by atoms with Crippen LogP contribution in [0, 0.1) is 10.1 Å². The van der Waals surface area contributed by atoms with Crippen LogP contribution in [0.2, 0.25) is 0 Å². The molecule has 3 aromatic rings. The topological polar surface area (TPSA) is 295 Å². The fourth-order valence-electron chi connectivity index (χ4n) is 3.19. The van der Waals surface area contributed by atoms with Gasteiger partial charge in [-0.3, -0.25) is 23.8 Å². The molecule has 0 unspecified atom stereocenters. The number of nitro groups is 1. The molecule has 0 aliphatic rings. The van der Waals surface area contributed by atoms with Crippen molar-refractivity contribution in [2.75, 3.05) is 12.4 Å². The number of phenolic OH excluding ortho intramolecular Hbond substituents is 1. The van der Waals surface area contributed by atoms with Gasteiger partial charge in [0.25, 0.3) is 25.9 Å². The Balaban J connectivity index is 2.15. The maximum atomic E-state index is 12.4. The molecule has 4 N–H and O–H groups in total. The summed E-state index contributed by atoms with van der Waals surface area (Å²) in [6.45, 7) is -1.01. The fraction of sp³-hybridized carbons (Fsp3) is 0.111. The highest BCUT2D eigenvalue weighted by Gasteiger charge is 2.25. The highest BCUT2D eigenvalue weighted by atomic mass is 32.3. The molecule has 216 valence electrons. The van der Waals surface area contributed by atoms with Crippen molar-refractivity contribution >= 4 is 68.3 Å². The van der Waals surface area contributed by atoms with Crippen LogP contribution in [0.25, 0.3) is 10.8 Å². The summed E-state index contributed by atoms with van der Waals surface area (Å²) in [4.78, 5) is 8.01. The predicted molar refractivity (Wildman–Crippen MR) is 132 cm³/mol. The molecule has 3 rings (SSSR count). The van der Waals surface area contributed by atoms with E-state index in [1.54, 1.807) is 0 Å². The van der Waals surface area contributed by atoms with Crippen molar-refractivity contribution in [3.8, 4) is 5.75 Å². The summed E-state index contributed by atoms with van der Waals surface area (Å²) in [6, 6.07) is 5.47. The second kappa shape index (κ2) is 10.7. The molecular formula is C18H15N3O15S4. The normalized spacial score (nSPS) is 13.2. The molecule has 0 bridgehead atoms. The lowest BCUT2D eigenvalue weighted by atomic mass is 10.1. The summed E-state index contributed by atoms with van der Waals surface area (Å²) in [6.07, 6.45) is 0. The van der Waals surface area contributed by atoms with Gasteiger partial charge in [0, 0.05) is 11.5 Å².